The Morgan fingerprint density at radius 3 is 2.41 bits per heavy atom. The zero-order chi connectivity index (χ0) is 32.4. The summed E-state index contributed by atoms with van der Waals surface area (Å²) >= 11 is 6.71. The smallest absolute Gasteiger partial charge is 0.227 e. The van der Waals surface area contributed by atoms with E-state index >= 15 is 4.39 Å². The topological polar surface area (TPSA) is 65.5 Å². The largest absolute Gasteiger partial charge is 0.392 e. The molecule has 5 aliphatic heterocycles. The summed E-state index contributed by atoms with van der Waals surface area (Å²) in [7, 11) is 0. The van der Waals surface area contributed by atoms with Crippen LogP contribution in [0.2, 0.25) is 5.02 Å². The van der Waals surface area contributed by atoms with E-state index in [2.05, 4.69) is 35.8 Å². The molecule has 10 heteroatoms. The van der Waals surface area contributed by atoms with Gasteiger partial charge in [-0.1, -0.05) is 23.7 Å². The summed E-state index contributed by atoms with van der Waals surface area (Å²) in [6.07, 6.45) is 3.25. The number of nitrogens with zero attached hydrogens (tertiary/aromatic N) is 3. The van der Waals surface area contributed by atoms with E-state index < -0.39 is 23.2 Å². The summed E-state index contributed by atoms with van der Waals surface area (Å²) in [6, 6.07) is 8.26. The van der Waals surface area contributed by atoms with E-state index in [-0.39, 0.29) is 35.6 Å². The summed E-state index contributed by atoms with van der Waals surface area (Å²) in [5.41, 5.74) is 2.74. The van der Waals surface area contributed by atoms with E-state index in [0.29, 0.717) is 69.4 Å². The molecule has 0 bridgehead atoms. The van der Waals surface area contributed by atoms with Crippen molar-refractivity contribution in [3.05, 3.63) is 69.2 Å². The molecule has 4 fully saturated rings. The maximum Gasteiger partial charge on any atom is 0.227 e. The zero-order valence-corrected chi connectivity index (χ0v) is 27.9. The van der Waals surface area contributed by atoms with Gasteiger partial charge in [-0.25, -0.2) is 8.78 Å². The fourth-order valence-electron chi connectivity index (χ4n) is 8.88. The SMILES string of the molecule is Cc1cc2c(cc1Cl)C1(CCN(C(=O)[C@@H]3CN(C4CCOCC4)C[C@H]3c3ccc(F)cc3F)CC1)O[C@@H]2C(C)(C)N1CC[C@H](O)C1. The number of ether oxygens (including phenoxy) is 2. The average Bonchev–Trinajstić information content (AvgIpc) is 3.75. The number of carbonyl (C=O) groups excluding carboxylic acids is 1. The van der Waals surface area contributed by atoms with E-state index in [4.69, 9.17) is 21.1 Å². The number of β-amino-alcohol motifs (C(OH)–C–C–N with tert-alkyl or cyclic N) is 1. The molecule has 4 atom stereocenters. The standard InChI is InChI=1S/C36H46ClF2N3O4/c1-22-16-27-30(18-31(22)37)36(46-33(27)35(2,3)42-11-6-25(43)19-42)9-12-40(13-10-36)34(44)29-21-41(24-7-14-45-15-8-24)20-28(29)26-5-4-23(38)17-32(26)39/h4-5,16-18,24-25,28-29,33,43H,6-15,19-21H2,1-3H3/t25-,28-,29+,33-/m0/s1. The Bertz CT molecular complexity index is 1480. The van der Waals surface area contributed by atoms with Crippen LogP contribution in [-0.4, -0.2) is 95.9 Å². The van der Waals surface area contributed by atoms with E-state index in [1.807, 2.05) is 11.8 Å². The van der Waals surface area contributed by atoms with Gasteiger partial charge in [0.05, 0.1) is 17.6 Å². The van der Waals surface area contributed by atoms with Crippen LogP contribution in [0.5, 0.6) is 0 Å². The number of aliphatic hydroxyl groups is 1. The van der Waals surface area contributed by atoms with E-state index in [9.17, 15) is 14.3 Å². The number of amides is 1. The maximum atomic E-state index is 15.2. The number of benzene rings is 2. The first-order chi connectivity index (χ1) is 22.0. The minimum absolute atomic E-state index is 0.0289. The summed E-state index contributed by atoms with van der Waals surface area (Å²) in [5, 5.41) is 11.0. The maximum absolute atomic E-state index is 15.2. The van der Waals surface area contributed by atoms with Crippen LogP contribution in [0.1, 0.15) is 80.2 Å². The molecule has 0 saturated carbocycles. The quantitative estimate of drug-likeness (QED) is 0.455. The highest BCUT2D eigenvalue weighted by atomic mass is 35.5. The molecule has 0 aliphatic carbocycles. The molecule has 1 amide bonds. The third-order valence-electron chi connectivity index (χ3n) is 11.7. The number of hydrogen-bond acceptors (Lipinski definition) is 6. The van der Waals surface area contributed by atoms with E-state index in [1.54, 1.807) is 0 Å². The van der Waals surface area contributed by atoms with Crippen LogP contribution in [0.4, 0.5) is 8.78 Å². The molecule has 1 N–H and O–H groups in total. The van der Waals surface area contributed by atoms with Crippen molar-refractivity contribution < 1.29 is 28.2 Å². The number of hydrogen-bond donors (Lipinski definition) is 1. The zero-order valence-electron chi connectivity index (χ0n) is 27.1. The molecule has 250 valence electrons. The highest BCUT2D eigenvalue weighted by Gasteiger charge is 2.54. The van der Waals surface area contributed by atoms with Crippen LogP contribution in [0.3, 0.4) is 0 Å². The van der Waals surface area contributed by atoms with Gasteiger partial charge in [0.25, 0.3) is 0 Å². The van der Waals surface area contributed by atoms with Crippen molar-refractivity contribution in [2.24, 2.45) is 5.92 Å². The Morgan fingerprint density at radius 2 is 1.74 bits per heavy atom. The van der Waals surface area contributed by atoms with Gasteiger partial charge in [-0.05, 0) is 87.3 Å². The van der Waals surface area contributed by atoms with Crippen LogP contribution in [0.15, 0.2) is 30.3 Å². The third-order valence-corrected chi connectivity index (χ3v) is 12.1. The Hall–Kier alpha value is -2.14. The molecule has 1 spiro atoms. The minimum atomic E-state index is -0.612. The summed E-state index contributed by atoms with van der Waals surface area (Å²) in [5.74, 6) is -1.94. The number of rotatable bonds is 5. The van der Waals surface area contributed by atoms with Gasteiger partial charge in [-0.3, -0.25) is 14.6 Å². The molecule has 0 radical (unpaired) electrons. The molecule has 2 aromatic rings. The number of fused-ring (bicyclic) bond motifs is 2. The fraction of sp³-hybridized carbons (Fsp3) is 0.639. The first-order valence-electron chi connectivity index (χ1n) is 16.9. The third kappa shape index (κ3) is 5.69. The van der Waals surface area contributed by atoms with Crippen molar-refractivity contribution in [3.8, 4) is 0 Å². The van der Waals surface area contributed by atoms with Gasteiger partial charge in [0.15, 0.2) is 0 Å². The summed E-state index contributed by atoms with van der Waals surface area (Å²) < 4.78 is 41.8. The first kappa shape index (κ1) is 32.4. The number of aliphatic hydroxyl groups excluding tert-OH is 1. The Labute approximate surface area is 275 Å². The molecule has 5 heterocycles. The monoisotopic (exact) mass is 657 g/mol. The predicted octanol–water partition coefficient (Wildman–Crippen LogP) is 5.56. The Morgan fingerprint density at radius 1 is 1.00 bits per heavy atom. The lowest BCUT2D eigenvalue weighted by molar-refractivity contribution is -0.160. The molecule has 46 heavy (non-hydrogen) atoms. The van der Waals surface area contributed by atoms with Gasteiger partial charge in [0.1, 0.15) is 17.7 Å². The molecule has 5 aliphatic rings. The van der Waals surface area contributed by atoms with E-state index in [0.717, 1.165) is 48.6 Å². The number of piperidine rings is 1. The molecular weight excluding hydrogens is 612 g/mol. The molecule has 0 aromatic heterocycles. The van der Waals surface area contributed by atoms with Gasteiger partial charge < -0.3 is 19.5 Å². The molecule has 4 saturated heterocycles. The number of carbonyl (C=O) groups is 1. The van der Waals surface area contributed by atoms with Crippen molar-refractivity contribution in [3.63, 3.8) is 0 Å². The van der Waals surface area contributed by atoms with Gasteiger partial charge in [0.2, 0.25) is 5.91 Å². The lowest BCUT2D eigenvalue weighted by Gasteiger charge is -2.44. The average molecular weight is 658 g/mol. The Kier molecular flexibility index (Phi) is 8.73. The van der Waals surface area contributed by atoms with E-state index in [1.165, 1.54) is 12.1 Å². The number of likely N-dealkylation sites (tertiary alicyclic amines) is 3. The lowest BCUT2D eigenvalue weighted by atomic mass is 9.80. The van der Waals surface area contributed by atoms with Crippen LogP contribution in [-0.2, 0) is 19.9 Å². The minimum Gasteiger partial charge on any atom is -0.392 e. The molecule has 7 nitrogen and oxygen atoms in total. The molecule has 0 unspecified atom stereocenters. The normalized spacial score (nSPS) is 29.2. The predicted molar refractivity (Wildman–Crippen MR) is 172 cm³/mol. The lowest BCUT2D eigenvalue weighted by Crippen LogP contribution is -2.50. The van der Waals surface area contributed by atoms with Crippen LogP contribution >= 0.6 is 11.6 Å². The second-order valence-electron chi connectivity index (χ2n) is 14.7. The number of halogens is 3. The van der Waals surface area contributed by atoms with Crippen LogP contribution < -0.4 is 0 Å². The summed E-state index contributed by atoms with van der Waals surface area (Å²) in [4.78, 5) is 20.9. The highest BCUT2D eigenvalue weighted by molar-refractivity contribution is 6.31. The molecule has 2 aromatic carbocycles. The second-order valence-corrected chi connectivity index (χ2v) is 15.1. The first-order valence-corrected chi connectivity index (χ1v) is 17.3. The second kappa shape index (κ2) is 12.4. The van der Waals surface area contributed by atoms with Gasteiger partial charge in [-0.2, -0.15) is 0 Å². The summed E-state index contributed by atoms with van der Waals surface area (Å²) in [6.45, 7) is 11.4. The Balaban J connectivity index is 1.13. The van der Waals surface area contributed by atoms with Crippen molar-refractivity contribution in [2.45, 2.75) is 88.2 Å². The van der Waals surface area contributed by atoms with Crippen molar-refractivity contribution in [2.75, 3.05) is 52.5 Å². The highest BCUT2D eigenvalue weighted by Crippen LogP contribution is 2.55. The van der Waals surface area contributed by atoms with Crippen molar-refractivity contribution >= 4 is 17.5 Å². The van der Waals surface area contributed by atoms with Crippen LogP contribution in [0.25, 0.3) is 0 Å². The fourth-order valence-corrected chi connectivity index (χ4v) is 9.05. The van der Waals surface area contributed by atoms with Crippen molar-refractivity contribution in [1.29, 1.82) is 0 Å². The van der Waals surface area contributed by atoms with Gasteiger partial charge in [0, 0.05) is 81.1 Å². The van der Waals surface area contributed by atoms with Gasteiger partial charge in [-0.15, -0.1) is 0 Å². The number of aryl methyl sites for hydroxylation is 1. The van der Waals surface area contributed by atoms with Crippen LogP contribution in [0, 0.1) is 24.5 Å². The van der Waals surface area contributed by atoms with Gasteiger partial charge >= 0.3 is 0 Å². The molecular formula is C36H46ClF2N3O4. The van der Waals surface area contributed by atoms with Crippen molar-refractivity contribution in [1.82, 2.24) is 14.7 Å². The molecule has 7 rings (SSSR count).